The van der Waals surface area contributed by atoms with Gasteiger partial charge in [0.1, 0.15) is 16.9 Å². The molecule has 10 nitrogen and oxygen atoms in total. The molecule has 1 aromatic carbocycles. The number of anilines is 1. The normalized spacial score (nSPS) is 11.6. The van der Waals surface area contributed by atoms with Crippen molar-refractivity contribution in [2.24, 2.45) is 5.92 Å². The van der Waals surface area contributed by atoms with Crippen molar-refractivity contribution in [2.45, 2.75) is 20.8 Å². The summed E-state index contributed by atoms with van der Waals surface area (Å²) in [4.78, 5) is 32.9. The van der Waals surface area contributed by atoms with Gasteiger partial charge in [0.25, 0.3) is 0 Å². The highest BCUT2D eigenvalue weighted by atomic mass is 19.1. The molecular formula is C26H22FN9O. The van der Waals surface area contributed by atoms with E-state index < -0.39 is 5.82 Å². The summed E-state index contributed by atoms with van der Waals surface area (Å²) in [6, 6.07) is 7.40. The minimum absolute atomic E-state index is 0.0917. The number of fused-ring (bicyclic) bond motifs is 2. The van der Waals surface area contributed by atoms with Crippen LogP contribution >= 0.6 is 0 Å². The molecule has 3 N–H and O–H groups in total. The number of imidazole rings is 2. The maximum atomic E-state index is 16.0. The molecule has 0 aliphatic carbocycles. The maximum absolute atomic E-state index is 16.0. The minimum atomic E-state index is -0.568. The Labute approximate surface area is 210 Å². The van der Waals surface area contributed by atoms with Crippen LogP contribution in [0.4, 0.5) is 10.1 Å². The van der Waals surface area contributed by atoms with Gasteiger partial charge in [0, 0.05) is 23.9 Å². The number of aromatic nitrogens is 8. The smallest absolute Gasteiger partial charge is 0.226 e. The van der Waals surface area contributed by atoms with Gasteiger partial charge in [0.05, 0.1) is 52.2 Å². The standard InChI is InChI=1S/C26H22FN9O/c1-13(2)26(37)31-16-7-15(8-28-9-16)22-21(27)20-18(10-29-22)34-35-24(20)25-32-17-5-4-6-19(23(17)33-25)36-11-14(3)30-12-36/h4-13H,1-3H3,(H,31,37)(H,32,33)(H,34,35). The second-order valence-electron chi connectivity index (χ2n) is 9.07. The number of halogens is 1. The van der Waals surface area contributed by atoms with E-state index in [1.54, 1.807) is 26.2 Å². The Bertz CT molecular complexity index is 1800. The van der Waals surface area contributed by atoms with Gasteiger partial charge in [-0.25, -0.2) is 14.4 Å². The lowest BCUT2D eigenvalue weighted by atomic mass is 10.1. The fourth-order valence-corrected chi connectivity index (χ4v) is 4.16. The Morgan fingerprint density at radius 2 is 1.97 bits per heavy atom. The summed E-state index contributed by atoms with van der Waals surface area (Å²) in [6.45, 7) is 5.50. The van der Waals surface area contributed by atoms with Gasteiger partial charge in [0.15, 0.2) is 11.6 Å². The Morgan fingerprint density at radius 1 is 1.11 bits per heavy atom. The number of carbonyl (C=O) groups excluding carboxylic acids is 1. The fourth-order valence-electron chi connectivity index (χ4n) is 4.16. The third-order valence-electron chi connectivity index (χ3n) is 6.05. The molecule has 0 aliphatic rings. The van der Waals surface area contributed by atoms with Gasteiger partial charge in [-0.2, -0.15) is 5.10 Å². The first-order valence-corrected chi connectivity index (χ1v) is 11.7. The van der Waals surface area contributed by atoms with E-state index in [-0.39, 0.29) is 22.9 Å². The number of H-pyrrole nitrogens is 2. The molecule has 5 heterocycles. The highest BCUT2D eigenvalue weighted by Crippen LogP contribution is 2.33. The molecule has 0 bridgehead atoms. The number of hydrogen-bond acceptors (Lipinski definition) is 6. The molecule has 6 rings (SSSR count). The summed E-state index contributed by atoms with van der Waals surface area (Å²) in [5.41, 5.74) is 4.96. The summed E-state index contributed by atoms with van der Waals surface area (Å²) >= 11 is 0. The molecule has 11 heteroatoms. The number of carbonyl (C=O) groups is 1. The van der Waals surface area contributed by atoms with Gasteiger partial charge in [-0.1, -0.05) is 19.9 Å². The van der Waals surface area contributed by atoms with Gasteiger partial charge in [-0.15, -0.1) is 0 Å². The van der Waals surface area contributed by atoms with Crippen LogP contribution in [0.25, 0.3) is 50.4 Å². The summed E-state index contributed by atoms with van der Waals surface area (Å²) in [6.07, 6.45) is 8.17. The molecular weight excluding hydrogens is 473 g/mol. The Hall–Kier alpha value is -4.93. The molecule has 1 amide bonds. The summed E-state index contributed by atoms with van der Waals surface area (Å²) < 4.78 is 17.9. The van der Waals surface area contributed by atoms with Crippen molar-refractivity contribution in [3.8, 4) is 28.5 Å². The number of pyridine rings is 2. The molecule has 0 radical (unpaired) electrons. The number of aromatic amines is 2. The third kappa shape index (κ3) is 3.90. The number of para-hydroxylation sites is 1. The van der Waals surface area contributed by atoms with Gasteiger partial charge >= 0.3 is 0 Å². The first kappa shape index (κ1) is 22.5. The number of rotatable bonds is 5. The van der Waals surface area contributed by atoms with Crippen LogP contribution in [0.5, 0.6) is 0 Å². The molecule has 0 saturated heterocycles. The number of benzene rings is 1. The predicted octanol–water partition coefficient (Wildman–Crippen LogP) is 4.79. The first-order chi connectivity index (χ1) is 17.9. The number of hydrogen-bond donors (Lipinski definition) is 3. The third-order valence-corrected chi connectivity index (χ3v) is 6.05. The van der Waals surface area contributed by atoms with Gasteiger partial charge < -0.3 is 14.9 Å². The highest BCUT2D eigenvalue weighted by molar-refractivity contribution is 5.97. The van der Waals surface area contributed by atoms with E-state index in [0.717, 1.165) is 16.9 Å². The molecule has 0 aliphatic heterocycles. The molecule has 0 atom stereocenters. The summed E-state index contributed by atoms with van der Waals surface area (Å²) in [7, 11) is 0. The lowest BCUT2D eigenvalue weighted by molar-refractivity contribution is -0.118. The van der Waals surface area contributed by atoms with Crippen LogP contribution in [0.15, 0.2) is 55.4 Å². The second-order valence-corrected chi connectivity index (χ2v) is 9.07. The van der Waals surface area contributed by atoms with Crippen LogP contribution in [0.3, 0.4) is 0 Å². The van der Waals surface area contributed by atoms with E-state index in [9.17, 15) is 4.79 Å². The lowest BCUT2D eigenvalue weighted by Crippen LogP contribution is -2.17. The molecule has 0 unspecified atom stereocenters. The van der Waals surface area contributed by atoms with Crippen LogP contribution in [-0.2, 0) is 4.79 Å². The molecule has 5 aromatic heterocycles. The van der Waals surface area contributed by atoms with Crippen LogP contribution in [0.1, 0.15) is 19.5 Å². The Morgan fingerprint density at radius 3 is 2.76 bits per heavy atom. The van der Waals surface area contributed by atoms with E-state index in [4.69, 9.17) is 4.98 Å². The predicted molar refractivity (Wildman–Crippen MR) is 137 cm³/mol. The van der Waals surface area contributed by atoms with Crippen molar-refractivity contribution in [2.75, 3.05) is 5.32 Å². The van der Waals surface area contributed by atoms with E-state index in [0.29, 0.717) is 33.8 Å². The zero-order valence-electron chi connectivity index (χ0n) is 20.2. The molecule has 0 spiro atoms. The average molecular weight is 496 g/mol. The zero-order chi connectivity index (χ0) is 25.7. The highest BCUT2D eigenvalue weighted by Gasteiger charge is 2.21. The lowest BCUT2D eigenvalue weighted by Gasteiger charge is -2.09. The van der Waals surface area contributed by atoms with Crippen LogP contribution in [0, 0.1) is 18.7 Å². The SMILES string of the molecule is Cc1cn(-c2cccc3[nH]c(-c4n[nH]c5cnc(-c6cncc(NC(=O)C(C)C)c6)c(F)c45)nc23)cn1. The minimum Gasteiger partial charge on any atom is -0.336 e. The van der Waals surface area contributed by atoms with Crippen LogP contribution < -0.4 is 5.32 Å². The van der Waals surface area contributed by atoms with Crippen LogP contribution in [0.2, 0.25) is 0 Å². The zero-order valence-corrected chi connectivity index (χ0v) is 20.2. The Kier molecular flexibility index (Phi) is 5.25. The van der Waals surface area contributed by atoms with Crippen molar-refractivity contribution in [3.63, 3.8) is 0 Å². The fraction of sp³-hybridized carbons (Fsp3) is 0.154. The van der Waals surface area contributed by atoms with Crippen molar-refractivity contribution in [3.05, 3.63) is 66.9 Å². The molecule has 37 heavy (non-hydrogen) atoms. The summed E-state index contributed by atoms with van der Waals surface area (Å²) in [5.74, 6) is -0.514. The summed E-state index contributed by atoms with van der Waals surface area (Å²) in [5, 5.41) is 10.2. The number of nitrogens with zero attached hydrogens (tertiary/aromatic N) is 6. The molecule has 184 valence electrons. The van der Waals surface area contributed by atoms with Gasteiger partial charge in [-0.05, 0) is 25.1 Å². The van der Waals surface area contributed by atoms with Gasteiger partial charge in [0.2, 0.25) is 5.91 Å². The second kappa shape index (κ2) is 8.63. The molecule has 6 aromatic rings. The molecule has 0 fully saturated rings. The Balaban J connectivity index is 1.45. The van der Waals surface area contributed by atoms with E-state index in [2.05, 4.69) is 35.5 Å². The van der Waals surface area contributed by atoms with Crippen LogP contribution in [-0.4, -0.2) is 45.6 Å². The van der Waals surface area contributed by atoms with Crippen molar-refractivity contribution >= 4 is 33.5 Å². The first-order valence-electron chi connectivity index (χ1n) is 11.7. The quantitative estimate of drug-likeness (QED) is 0.315. The van der Waals surface area contributed by atoms with E-state index >= 15 is 4.39 Å². The number of nitrogens with one attached hydrogen (secondary N) is 3. The topological polar surface area (TPSA) is 130 Å². The van der Waals surface area contributed by atoms with Gasteiger partial charge in [-0.3, -0.25) is 19.9 Å². The van der Waals surface area contributed by atoms with Crippen molar-refractivity contribution in [1.82, 2.24) is 39.7 Å². The monoisotopic (exact) mass is 495 g/mol. The number of aryl methyl sites for hydroxylation is 1. The maximum Gasteiger partial charge on any atom is 0.226 e. The van der Waals surface area contributed by atoms with E-state index in [1.807, 2.05) is 35.9 Å². The van der Waals surface area contributed by atoms with Crippen molar-refractivity contribution in [1.29, 1.82) is 0 Å². The number of amides is 1. The largest absolute Gasteiger partial charge is 0.336 e. The van der Waals surface area contributed by atoms with Crippen molar-refractivity contribution < 1.29 is 9.18 Å². The van der Waals surface area contributed by atoms with E-state index in [1.165, 1.54) is 18.6 Å². The molecule has 0 saturated carbocycles. The average Bonchev–Trinajstić information content (AvgIpc) is 3.62.